The highest BCUT2D eigenvalue weighted by atomic mass is 15.2. The predicted molar refractivity (Wildman–Crippen MR) is 400 cm³/mol. The summed E-state index contributed by atoms with van der Waals surface area (Å²) in [6.07, 6.45) is 16.7. The Labute approximate surface area is 553 Å². The first-order chi connectivity index (χ1) is 45.6. The van der Waals surface area contributed by atoms with Gasteiger partial charge in [0.25, 0.3) is 0 Å². The SMILES string of the molecule is CC1(C)c2cc(C=Cc3ccc4ccc5c(C=Cc6ccc7c(c6)C(C)(C)c6cc(N(c8ccccc8)c8ccc9c(c8)C(C)(C)c8ccccc8-9)ccc6-7)ccc6ccc3c4c65)ccc2-c2ccc(N(C3=CC4C(C=C3)c3ccccc3C4(C)C)c3ccccc3)cc21. The Morgan fingerprint density at radius 2 is 0.723 bits per heavy atom. The van der Waals surface area contributed by atoms with Crippen LogP contribution in [0.2, 0.25) is 0 Å². The van der Waals surface area contributed by atoms with Crippen LogP contribution in [-0.2, 0) is 21.7 Å². The van der Waals surface area contributed by atoms with Crippen molar-refractivity contribution >= 4 is 85.1 Å². The van der Waals surface area contributed by atoms with Gasteiger partial charge in [0.1, 0.15) is 0 Å². The van der Waals surface area contributed by atoms with Crippen molar-refractivity contribution in [2.75, 3.05) is 9.80 Å². The molecule has 0 heterocycles. The maximum Gasteiger partial charge on any atom is 0.0465 e. The summed E-state index contributed by atoms with van der Waals surface area (Å²) in [5.74, 6) is 0.741. The highest BCUT2D eigenvalue weighted by molar-refractivity contribution is 6.25. The van der Waals surface area contributed by atoms with E-state index in [-0.39, 0.29) is 21.7 Å². The molecular formula is C92H74N2. The van der Waals surface area contributed by atoms with E-state index >= 15 is 0 Å². The van der Waals surface area contributed by atoms with Gasteiger partial charge in [0.05, 0.1) is 0 Å². The van der Waals surface area contributed by atoms with E-state index < -0.39 is 0 Å². The third-order valence-electron chi connectivity index (χ3n) is 22.7. The molecule has 0 bridgehead atoms. The molecule has 13 aromatic rings. The van der Waals surface area contributed by atoms with Crippen molar-refractivity contribution in [3.05, 3.63) is 339 Å². The number of hydrogen-bond donors (Lipinski definition) is 0. The first kappa shape index (κ1) is 56.2. The zero-order chi connectivity index (χ0) is 63.6. The molecule has 452 valence electrons. The van der Waals surface area contributed by atoms with Crippen LogP contribution < -0.4 is 9.80 Å². The van der Waals surface area contributed by atoms with E-state index in [9.17, 15) is 0 Å². The maximum absolute atomic E-state index is 2.55. The van der Waals surface area contributed by atoms with Gasteiger partial charge in [0.2, 0.25) is 0 Å². The van der Waals surface area contributed by atoms with Crippen LogP contribution in [0, 0.1) is 5.92 Å². The fraction of sp³-hybridized carbons (Fsp3) is 0.152. The van der Waals surface area contributed by atoms with Crippen LogP contribution in [-0.4, -0.2) is 0 Å². The molecule has 18 rings (SSSR count). The van der Waals surface area contributed by atoms with Gasteiger partial charge in [-0.05, 0) is 211 Å². The molecule has 2 nitrogen and oxygen atoms in total. The van der Waals surface area contributed by atoms with Gasteiger partial charge >= 0.3 is 0 Å². The van der Waals surface area contributed by atoms with Gasteiger partial charge in [-0.3, -0.25) is 0 Å². The minimum atomic E-state index is -0.217. The van der Waals surface area contributed by atoms with E-state index in [1.54, 1.807) is 0 Å². The van der Waals surface area contributed by atoms with Gasteiger partial charge in [-0.1, -0.05) is 280 Å². The fourth-order valence-corrected chi connectivity index (χ4v) is 17.7. The number of anilines is 5. The molecule has 2 atom stereocenters. The second kappa shape index (κ2) is 20.5. The van der Waals surface area contributed by atoms with Crippen LogP contribution >= 0.6 is 0 Å². The summed E-state index contributed by atoms with van der Waals surface area (Å²) in [5.41, 5.74) is 30.5. The molecule has 13 aromatic carbocycles. The molecule has 94 heavy (non-hydrogen) atoms. The van der Waals surface area contributed by atoms with Crippen molar-refractivity contribution in [1.82, 2.24) is 0 Å². The summed E-state index contributed by atoms with van der Waals surface area (Å²) in [5, 5.41) is 7.71. The quantitative estimate of drug-likeness (QED) is 0.0995. The Hall–Kier alpha value is -10.5. The zero-order valence-corrected chi connectivity index (χ0v) is 54.8. The van der Waals surface area contributed by atoms with Gasteiger partial charge in [-0.25, -0.2) is 0 Å². The molecule has 0 saturated carbocycles. The van der Waals surface area contributed by atoms with Gasteiger partial charge in [0.15, 0.2) is 0 Å². The number of para-hydroxylation sites is 2. The van der Waals surface area contributed by atoms with Crippen LogP contribution in [0.15, 0.2) is 273 Å². The van der Waals surface area contributed by atoms with Crippen LogP contribution in [0.25, 0.3) is 90.0 Å². The average molecular weight is 1210 g/mol. The number of allylic oxidation sites excluding steroid dienone is 3. The Morgan fingerprint density at radius 1 is 0.319 bits per heavy atom. The van der Waals surface area contributed by atoms with E-state index in [0.717, 1.165) is 11.4 Å². The van der Waals surface area contributed by atoms with Gasteiger partial charge < -0.3 is 9.80 Å². The van der Waals surface area contributed by atoms with Gasteiger partial charge in [-0.2, -0.15) is 0 Å². The van der Waals surface area contributed by atoms with E-state index in [4.69, 9.17) is 0 Å². The topological polar surface area (TPSA) is 6.48 Å². The number of rotatable bonds is 10. The second-order valence-electron chi connectivity index (χ2n) is 29.3. The summed E-state index contributed by atoms with van der Waals surface area (Å²) in [7, 11) is 0. The Morgan fingerprint density at radius 3 is 1.24 bits per heavy atom. The third kappa shape index (κ3) is 8.34. The second-order valence-corrected chi connectivity index (χ2v) is 29.3. The molecule has 5 aliphatic carbocycles. The summed E-state index contributed by atoms with van der Waals surface area (Å²) in [6, 6.07) is 93.9. The molecule has 0 amide bonds. The normalized spacial score (nSPS) is 17.6. The maximum atomic E-state index is 2.55. The van der Waals surface area contributed by atoms with E-state index in [1.807, 2.05) is 0 Å². The van der Waals surface area contributed by atoms with Crippen molar-refractivity contribution in [2.45, 2.75) is 83.0 Å². The van der Waals surface area contributed by atoms with Crippen molar-refractivity contribution in [2.24, 2.45) is 5.92 Å². The molecule has 0 aromatic heterocycles. The van der Waals surface area contributed by atoms with Crippen LogP contribution in [0.1, 0.15) is 128 Å². The lowest BCUT2D eigenvalue weighted by Crippen LogP contribution is -2.28. The molecule has 5 aliphatic rings. The Kier molecular flexibility index (Phi) is 12.3. The van der Waals surface area contributed by atoms with E-state index in [1.165, 1.54) is 155 Å². The van der Waals surface area contributed by atoms with Crippen molar-refractivity contribution in [1.29, 1.82) is 0 Å². The summed E-state index contributed by atoms with van der Waals surface area (Å²) in [6.45, 7) is 19.2. The molecule has 0 radical (unpaired) electrons. The minimum Gasteiger partial charge on any atom is -0.311 e. The Bertz CT molecular complexity index is 5450. The summed E-state index contributed by atoms with van der Waals surface area (Å²) >= 11 is 0. The first-order valence-electron chi connectivity index (χ1n) is 33.7. The van der Waals surface area contributed by atoms with Crippen LogP contribution in [0.4, 0.5) is 28.4 Å². The predicted octanol–water partition coefficient (Wildman–Crippen LogP) is 24.6. The molecule has 2 unspecified atom stereocenters. The van der Waals surface area contributed by atoms with Crippen LogP contribution in [0.5, 0.6) is 0 Å². The van der Waals surface area contributed by atoms with Crippen molar-refractivity contribution in [3.63, 3.8) is 0 Å². The highest BCUT2D eigenvalue weighted by Gasteiger charge is 2.46. The smallest absolute Gasteiger partial charge is 0.0465 e. The lowest BCUT2D eigenvalue weighted by molar-refractivity contribution is 0.392. The van der Waals surface area contributed by atoms with E-state index in [0.29, 0.717) is 11.8 Å². The van der Waals surface area contributed by atoms with Gasteiger partial charge in [0, 0.05) is 56.3 Å². The summed E-state index contributed by atoms with van der Waals surface area (Å²) < 4.78 is 0. The lowest BCUT2D eigenvalue weighted by atomic mass is 9.74. The Balaban J connectivity index is 0.625. The monoisotopic (exact) mass is 1210 g/mol. The van der Waals surface area contributed by atoms with Gasteiger partial charge in [-0.15, -0.1) is 0 Å². The lowest BCUT2D eigenvalue weighted by Gasteiger charge is -2.35. The zero-order valence-electron chi connectivity index (χ0n) is 54.8. The standard InChI is InChI=1S/C92H74N2/c1-89(2)79-25-17-15-23-71(79)75-47-39-65(53-83(75)89)93(63-19-11-9-12-20-63)67-41-49-77-73-43-29-57(51-81(73)91(5,6)85(77)55-67)27-31-59-33-35-61-38-46-70-60(34-36-62-37-45-69(59)87(61)88(62)70)32-28-58-30-44-74-78-50-42-68(56-86(78)92(7,8)82(74)52-58)94(64-21-13-10-14-22-64)66-40-48-76-72-24-16-18-26-80(72)90(3,4)84(76)54-66/h9-56,75,83H,1-8H3. The first-order valence-corrected chi connectivity index (χ1v) is 33.7. The molecule has 0 saturated heterocycles. The fourth-order valence-electron chi connectivity index (χ4n) is 17.7. The average Bonchev–Trinajstić information content (AvgIpc) is 1.28. The molecule has 0 aliphatic heterocycles. The molecule has 0 spiro atoms. The van der Waals surface area contributed by atoms with Crippen molar-refractivity contribution < 1.29 is 0 Å². The highest BCUT2D eigenvalue weighted by Crippen LogP contribution is 2.57. The molecular weight excluding hydrogens is 1130 g/mol. The molecule has 2 heteroatoms. The molecule has 0 N–H and O–H groups in total. The number of nitrogens with zero attached hydrogens (tertiary/aromatic N) is 2. The number of hydrogen-bond acceptors (Lipinski definition) is 2. The van der Waals surface area contributed by atoms with Crippen LogP contribution in [0.3, 0.4) is 0 Å². The molecule has 0 fully saturated rings. The number of fused-ring (bicyclic) bond motifs is 12. The minimum absolute atomic E-state index is 0.0219. The number of benzene rings is 13. The largest absolute Gasteiger partial charge is 0.311 e. The summed E-state index contributed by atoms with van der Waals surface area (Å²) in [4.78, 5) is 4.92. The van der Waals surface area contributed by atoms with E-state index in [2.05, 4.69) is 356 Å². The van der Waals surface area contributed by atoms with Crippen molar-refractivity contribution in [3.8, 4) is 33.4 Å². The third-order valence-corrected chi connectivity index (χ3v) is 22.7.